The van der Waals surface area contributed by atoms with E-state index < -0.39 is 17.6 Å². The minimum absolute atomic E-state index is 0.0199. The number of aromatic carboxylic acids is 1. The molecule has 0 spiro atoms. The third kappa shape index (κ3) is 4.44. The number of carboxylic acids is 1. The molecule has 3 rings (SSSR count). The molecule has 1 aromatic carbocycles. The van der Waals surface area contributed by atoms with Gasteiger partial charge in [0.25, 0.3) is 5.56 Å². The van der Waals surface area contributed by atoms with Gasteiger partial charge in [0.15, 0.2) is 0 Å². The Morgan fingerprint density at radius 3 is 2.47 bits per heavy atom. The minimum atomic E-state index is -1.20. The first-order chi connectivity index (χ1) is 15.3. The Hall–Kier alpha value is -3.04. The van der Waals surface area contributed by atoms with Gasteiger partial charge < -0.3 is 15.2 Å². The average molecular weight is 458 g/mol. The highest BCUT2D eigenvalue weighted by Crippen LogP contribution is 2.26. The Labute approximate surface area is 189 Å². The molecule has 0 aliphatic heterocycles. The molecule has 8 nitrogen and oxygen atoms in total. The molecule has 170 valence electrons. The number of nitrogens with zero attached hydrogens (tertiary/aromatic N) is 2. The molecule has 2 N–H and O–H groups in total. The first-order valence-corrected chi connectivity index (χ1v) is 11.4. The Kier molecular flexibility index (Phi) is 7.42. The quantitative estimate of drug-likeness (QED) is 0.507. The molecule has 0 radical (unpaired) electrons. The van der Waals surface area contributed by atoms with Crippen molar-refractivity contribution in [3.8, 4) is 0 Å². The number of methoxy groups -OCH3 is 1. The maximum Gasteiger partial charge on any atom is 0.337 e. The van der Waals surface area contributed by atoms with Gasteiger partial charge in [0.2, 0.25) is 5.91 Å². The number of ether oxygens (including phenoxy) is 1. The van der Waals surface area contributed by atoms with E-state index in [1.54, 1.807) is 14.0 Å². The van der Waals surface area contributed by atoms with E-state index in [0.717, 1.165) is 41.0 Å². The van der Waals surface area contributed by atoms with Gasteiger partial charge in [-0.05, 0) is 30.9 Å². The van der Waals surface area contributed by atoms with E-state index in [9.17, 15) is 19.5 Å². The van der Waals surface area contributed by atoms with E-state index >= 15 is 0 Å². The molecule has 32 heavy (non-hydrogen) atoms. The number of aryl methyl sites for hydroxylation is 2. The highest BCUT2D eigenvalue weighted by molar-refractivity contribution is 7.17. The van der Waals surface area contributed by atoms with Gasteiger partial charge in [-0.3, -0.25) is 14.2 Å². The number of carboxylic acid groups (broad SMARTS) is 1. The van der Waals surface area contributed by atoms with Crippen LogP contribution in [0, 0.1) is 0 Å². The van der Waals surface area contributed by atoms with Crippen LogP contribution >= 0.6 is 11.3 Å². The van der Waals surface area contributed by atoms with Crippen LogP contribution in [0.4, 0.5) is 5.69 Å². The molecule has 1 amide bonds. The number of rotatable bonds is 9. The standard InChI is InChI=1S/C23H27N3O5S/c1-5-14-8-7-9-15(6-2)19(14)25-20(27)13(3)26-17(10-11-31-4)24-21-18(22(26)28)16(12-32-21)23(29)30/h7-9,12-13H,5-6,10-11H2,1-4H3,(H,25,27)(H,29,30). The van der Waals surface area contributed by atoms with E-state index in [1.807, 2.05) is 32.0 Å². The molecular weight excluding hydrogens is 430 g/mol. The monoisotopic (exact) mass is 457 g/mol. The van der Waals surface area contributed by atoms with E-state index in [-0.39, 0.29) is 16.9 Å². The second-order valence-electron chi connectivity index (χ2n) is 7.40. The van der Waals surface area contributed by atoms with Crippen molar-refractivity contribution in [2.75, 3.05) is 19.0 Å². The summed E-state index contributed by atoms with van der Waals surface area (Å²) in [7, 11) is 1.54. The number of amides is 1. The van der Waals surface area contributed by atoms with Crippen LogP contribution in [0.15, 0.2) is 28.4 Å². The van der Waals surface area contributed by atoms with Crippen molar-refractivity contribution >= 4 is 39.1 Å². The normalized spacial score (nSPS) is 12.1. The summed E-state index contributed by atoms with van der Waals surface area (Å²) in [6, 6.07) is 5.00. The Morgan fingerprint density at radius 1 is 1.25 bits per heavy atom. The molecule has 0 saturated heterocycles. The van der Waals surface area contributed by atoms with Crippen LogP contribution < -0.4 is 10.9 Å². The third-order valence-corrected chi connectivity index (χ3v) is 6.36. The maximum absolute atomic E-state index is 13.4. The number of aromatic nitrogens is 2. The Bertz CT molecular complexity index is 1190. The number of hydrogen-bond acceptors (Lipinski definition) is 6. The highest BCUT2D eigenvalue weighted by Gasteiger charge is 2.26. The van der Waals surface area contributed by atoms with E-state index in [2.05, 4.69) is 10.3 Å². The van der Waals surface area contributed by atoms with Crippen LogP contribution in [0.25, 0.3) is 10.2 Å². The average Bonchev–Trinajstić information content (AvgIpc) is 3.22. The van der Waals surface area contributed by atoms with Crippen LogP contribution in [-0.4, -0.2) is 40.3 Å². The summed E-state index contributed by atoms with van der Waals surface area (Å²) in [5.74, 6) is -1.19. The minimum Gasteiger partial charge on any atom is -0.478 e. The zero-order valence-electron chi connectivity index (χ0n) is 18.6. The van der Waals surface area contributed by atoms with Gasteiger partial charge in [-0.1, -0.05) is 32.0 Å². The van der Waals surface area contributed by atoms with Crippen molar-refractivity contribution in [3.63, 3.8) is 0 Å². The number of carbonyl (C=O) groups is 2. The number of hydrogen-bond donors (Lipinski definition) is 2. The van der Waals surface area contributed by atoms with Gasteiger partial charge in [0.05, 0.1) is 17.6 Å². The van der Waals surface area contributed by atoms with Gasteiger partial charge in [-0.15, -0.1) is 11.3 Å². The summed E-state index contributed by atoms with van der Waals surface area (Å²) in [6.45, 7) is 5.96. The van der Waals surface area contributed by atoms with Gasteiger partial charge >= 0.3 is 5.97 Å². The number of nitrogens with one attached hydrogen (secondary N) is 1. The topological polar surface area (TPSA) is 111 Å². The van der Waals surface area contributed by atoms with Crippen molar-refractivity contribution in [3.05, 3.63) is 56.4 Å². The van der Waals surface area contributed by atoms with Crippen molar-refractivity contribution in [2.24, 2.45) is 0 Å². The summed E-state index contributed by atoms with van der Waals surface area (Å²) in [4.78, 5) is 43.1. The molecule has 1 atom stereocenters. The molecule has 0 saturated carbocycles. The molecule has 2 heterocycles. The highest BCUT2D eigenvalue weighted by atomic mass is 32.1. The number of benzene rings is 1. The molecule has 2 aromatic heterocycles. The van der Waals surface area contributed by atoms with Crippen molar-refractivity contribution in [1.29, 1.82) is 0 Å². The lowest BCUT2D eigenvalue weighted by atomic mass is 10.0. The van der Waals surface area contributed by atoms with Gasteiger partial charge in [0.1, 0.15) is 16.7 Å². The van der Waals surface area contributed by atoms with Crippen LogP contribution in [0.3, 0.4) is 0 Å². The summed E-state index contributed by atoms with van der Waals surface area (Å²) < 4.78 is 6.43. The van der Waals surface area contributed by atoms with Crippen LogP contribution in [0.2, 0.25) is 0 Å². The SMILES string of the molecule is CCc1cccc(CC)c1NC(=O)C(C)n1c(CCOC)nc2scc(C(=O)O)c2c1=O. The first kappa shape index (κ1) is 23.6. The van der Waals surface area contributed by atoms with E-state index in [1.165, 1.54) is 9.95 Å². The lowest BCUT2D eigenvalue weighted by Crippen LogP contribution is -2.35. The van der Waals surface area contributed by atoms with Crippen LogP contribution in [0.5, 0.6) is 0 Å². The molecule has 9 heteroatoms. The molecular formula is C23H27N3O5S. The van der Waals surface area contributed by atoms with Crippen molar-refractivity contribution in [1.82, 2.24) is 9.55 Å². The number of carbonyl (C=O) groups excluding carboxylic acids is 1. The lowest BCUT2D eigenvalue weighted by molar-refractivity contribution is -0.119. The van der Waals surface area contributed by atoms with Gasteiger partial charge in [0, 0.05) is 24.6 Å². The predicted octanol–water partition coefficient (Wildman–Crippen LogP) is 3.67. The lowest BCUT2D eigenvalue weighted by Gasteiger charge is -2.21. The van der Waals surface area contributed by atoms with E-state index in [0.29, 0.717) is 23.7 Å². The van der Waals surface area contributed by atoms with Gasteiger partial charge in [-0.25, -0.2) is 9.78 Å². The largest absolute Gasteiger partial charge is 0.478 e. The summed E-state index contributed by atoms with van der Waals surface area (Å²) in [6.07, 6.45) is 1.81. The molecule has 3 aromatic rings. The van der Waals surface area contributed by atoms with Crippen molar-refractivity contribution < 1.29 is 19.4 Å². The Balaban J connectivity index is 2.10. The fourth-order valence-electron chi connectivity index (χ4n) is 3.72. The third-order valence-electron chi connectivity index (χ3n) is 5.49. The molecule has 0 fully saturated rings. The molecule has 1 unspecified atom stereocenters. The fraction of sp³-hybridized carbons (Fsp3) is 0.391. The van der Waals surface area contributed by atoms with Gasteiger partial charge in [-0.2, -0.15) is 0 Å². The first-order valence-electron chi connectivity index (χ1n) is 10.5. The summed E-state index contributed by atoms with van der Waals surface area (Å²) in [5.41, 5.74) is 2.14. The number of thiophene rings is 1. The van der Waals surface area contributed by atoms with Crippen LogP contribution in [0.1, 0.15) is 54.1 Å². The maximum atomic E-state index is 13.4. The molecule has 0 aliphatic carbocycles. The predicted molar refractivity (Wildman–Crippen MR) is 125 cm³/mol. The molecule has 0 aliphatic rings. The second kappa shape index (κ2) is 10.1. The number of fused-ring (bicyclic) bond motifs is 1. The zero-order chi connectivity index (χ0) is 23.4. The van der Waals surface area contributed by atoms with E-state index in [4.69, 9.17) is 4.74 Å². The smallest absolute Gasteiger partial charge is 0.337 e. The number of anilines is 1. The Morgan fingerprint density at radius 2 is 1.91 bits per heavy atom. The fourth-order valence-corrected chi connectivity index (χ4v) is 4.64. The summed E-state index contributed by atoms with van der Waals surface area (Å²) >= 11 is 1.10. The summed E-state index contributed by atoms with van der Waals surface area (Å²) in [5, 5.41) is 13.9. The van der Waals surface area contributed by atoms with Crippen LogP contribution in [-0.2, 0) is 28.8 Å². The second-order valence-corrected chi connectivity index (χ2v) is 8.26. The molecule has 0 bridgehead atoms. The van der Waals surface area contributed by atoms with Crippen molar-refractivity contribution in [2.45, 2.75) is 46.1 Å². The number of para-hydroxylation sites is 1. The zero-order valence-corrected chi connectivity index (χ0v) is 19.4.